The van der Waals surface area contributed by atoms with Crippen molar-refractivity contribution in [2.45, 2.75) is 25.3 Å². The largest absolute Gasteiger partial charge is 0.352 e. The number of rotatable bonds is 5. The number of nitrogens with zero attached hydrogens (tertiary/aromatic N) is 2. The van der Waals surface area contributed by atoms with Crippen LogP contribution >= 0.6 is 0 Å². The third-order valence-corrected chi connectivity index (χ3v) is 3.92. The van der Waals surface area contributed by atoms with E-state index in [2.05, 4.69) is 25.6 Å². The number of H-pyrrole nitrogens is 1. The minimum Gasteiger partial charge on any atom is -0.352 e. The van der Waals surface area contributed by atoms with E-state index < -0.39 is 11.5 Å². The molecule has 1 atom stereocenters. The van der Waals surface area contributed by atoms with Gasteiger partial charge in [-0.2, -0.15) is 0 Å². The van der Waals surface area contributed by atoms with Crippen molar-refractivity contribution in [3.8, 4) is 11.4 Å². The molecule has 3 heterocycles. The minimum absolute atomic E-state index is 0.0250. The highest BCUT2D eigenvalue weighted by Crippen LogP contribution is 2.10. The number of amides is 1. The molecule has 0 saturated carbocycles. The highest BCUT2D eigenvalue weighted by molar-refractivity contribution is 5.93. The summed E-state index contributed by atoms with van der Waals surface area (Å²) in [4.78, 5) is 34.9. The van der Waals surface area contributed by atoms with E-state index in [4.69, 9.17) is 0 Å². The number of pyridine rings is 1. The number of hydrogen-bond donors (Lipinski definition) is 3. The van der Waals surface area contributed by atoms with Crippen LogP contribution in [0.25, 0.3) is 11.4 Å². The van der Waals surface area contributed by atoms with Crippen LogP contribution in [0.3, 0.4) is 0 Å². The third kappa shape index (κ3) is 3.81. The van der Waals surface area contributed by atoms with Crippen LogP contribution in [0.1, 0.15) is 29.6 Å². The van der Waals surface area contributed by atoms with Gasteiger partial charge in [0.2, 0.25) is 0 Å². The van der Waals surface area contributed by atoms with Gasteiger partial charge in [-0.3, -0.25) is 14.6 Å². The molecule has 120 valence electrons. The summed E-state index contributed by atoms with van der Waals surface area (Å²) in [7, 11) is 0. The van der Waals surface area contributed by atoms with Crippen molar-refractivity contribution < 1.29 is 4.79 Å². The van der Waals surface area contributed by atoms with Gasteiger partial charge in [0.15, 0.2) is 0 Å². The molecule has 7 heteroatoms. The average Bonchev–Trinajstić information content (AvgIpc) is 3.09. The van der Waals surface area contributed by atoms with Crippen LogP contribution in [-0.2, 0) is 0 Å². The molecule has 7 nitrogen and oxygen atoms in total. The second-order valence-corrected chi connectivity index (χ2v) is 5.55. The Morgan fingerprint density at radius 1 is 1.39 bits per heavy atom. The molecule has 1 saturated heterocycles. The third-order valence-electron chi connectivity index (χ3n) is 3.92. The summed E-state index contributed by atoms with van der Waals surface area (Å²) in [5, 5.41) is 6.14. The monoisotopic (exact) mass is 313 g/mol. The lowest BCUT2D eigenvalue weighted by Gasteiger charge is -2.10. The first-order chi connectivity index (χ1) is 11.2. The van der Waals surface area contributed by atoms with E-state index in [9.17, 15) is 9.59 Å². The minimum atomic E-state index is -0.449. The molecule has 0 bridgehead atoms. The van der Waals surface area contributed by atoms with Crippen molar-refractivity contribution in [1.29, 1.82) is 0 Å². The number of aromatic nitrogens is 3. The van der Waals surface area contributed by atoms with Crippen LogP contribution in [0, 0.1) is 0 Å². The van der Waals surface area contributed by atoms with Gasteiger partial charge in [0.05, 0.1) is 0 Å². The highest BCUT2D eigenvalue weighted by atomic mass is 16.2. The summed E-state index contributed by atoms with van der Waals surface area (Å²) in [5.41, 5.74) is 0.274. The first-order valence-corrected chi connectivity index (χ1v) is 7.75. The molecule has 3 rings (SSSR count). The lowest BCUT2D eigenvalue weighted by atomic mass is 10.1. The molecule has 1 aliphatic rings. The molecular formula is C16H19N5O2. The van der Waals surface area contributed by atoms with Crippen molar-refractivity contribution in [1.82, 2.24) is 25.6 Å². The second-order valence-electron chi connectivity index (χ2n) is 5.55. The molecule has 0 unspecified atom stereocenters. The molecule has 1 aliphatic heterocycles. The highest BCUT2D eigenvalue weighted by Gasteiger charge is 2.15. The lowest BCUT2D eigenvalue weighted by molar-refractivity contribution is 0.0950. The summed E-state index contributed by atoms with van der Waals surface area (Å²) in [6, 6.07) is 4.01. The van der Waals surface area contributed by atoms with Crippen LogP contribution in [0.5, 0.6) is 0 Å². The van der Waals surface area contributed by atoms with E-state index in [1.165, 1.54) is 12.6 Å². The number of aromatic amines is 1. The summed E-state index contributed by atoms with van der Waals surface area (Å²) < 4.78 is 0. The van der Waals surface area contributed by atoms with Gasteiger partial charge >= 0.3 is 0 Å². The second kappa shape index (κ2) is 7.15. The molecular weight excluding hydrogens is 294 g/mol. The smallest absolute Gasteiger partial charge is 0.264 e. The molecule has 0 spiro atoms. The van der Waals surface area contributed by atoms with Crippen molar-refractivity contribution in [2.75, 3.05) is 13.1 Å². The van der Waals surface area contributed by atoms with Crippen LogP contribution < -0.4 is 16.2 Å². The summed E-state index contributed by atoms with van der Waals surface area (Å²) >= 11 is 0. The van der Waals surface area contributed by atoms with Gasteiger partial charge in [-0.25, -0.2) is 4.98 Å². The lowest BCUT2D eigenvalue weighted by Crippen LogP contribution is -2.33. The molecule has 0 aromatic carbocycles. The van der Waals surface area contributed by atoms with Crippen LogP contribution in [0.4, 0.5) is 0 Å². The van der Waals surface area contributed by atoms with E-state index in [0.717, 1.165) is 19.4 Å². The molecule has 1 fully saturated rings. The van der Waals surface area contributed by atoms with Gasteiger partial charge in [-0.15, -0.1) is 0 Å². The fourth-order valence-corrected chi connectivity index (χ4v) is 2.66. The fraction of sp³-hybridized carbons (Fsp3) is 0.375. The van der Waals surface area contributed by atoms with Crippen molar-refractivity contribution in [3.05, 3.63) is 46.6 Å². The maximum atomic E-state index is 12.1. The summed E-state index contributed by atoms with van der Waals surface area (Å²) in [6.45, 7) is 1.58. The molecule has 23 heavy (non-hydrogen) atoms. The quantitative estimate of drug-likeness (QED) is 0.754. The number of nitrogens with one attached hydrogen (secondary N) is 3. The van der Waals surface area contributed by atoms with Gasteiger partial charge in [-0.1, -0.05) is 0 Å². The first-order valence-electron chi connectivity index (χ1n) is 7.75. The zero-order valence-corrected chi connectivity index (χ0v) is 12.7. The molecule has 2 aromatic rings. The van der Waals surface area contributed by atoms with E-state index in [1.807, 2.05) is 0 Å². The van der Waals surface area contributed by atoms with Crippen LogP contribution in [0.15, 0.2) is 35.5 Å². The van der Waals surface area contributed by atoms with Gasteiger partial charge in [0, 0.05) is 36.7 Å². The number of carbonyl (C=O) groups excluding carboxylic acids is 1. The maximum absolute atomic E-state index is 12.1. The predicted octanol–water partition coefficient (Wildman–Crippen LogP) is 0.704. The Morgan fingerprint density at radius 2 is 2.30 bits per heavy atom. The molecule has 0 radical (unpaired) electrons. The number of hydrogen-bond acceptors (Lipinski definition) is 5. The normalized spacial score (nSPS) is 17.1. The van der Waals surface area contributed by atoms with Gasteiger partial charge in [-0.05, 0) is 37.9 Å². The first kappa shape index (κ1) is 15.4. The van der Waals surface area contributed by atoms with E-state index >= 15 is 0 Å². The van der Waals surface area contributed by atoms with Gasteiger partial charge in [0.25, 0.3) is 11.5 Å². The molecule has 3 N–H and O–H groups in total. The Bertz CT molecular complexity index is 723. The van der Waals surface area contributed by atoms with Gasteiger partial charge in [0.1, 0.15) is 11.4 Å². The Kier molecular flexibility index (Phi) is 4.77. The van der Waals surface area contributed by atoms with E-state index in [0.29, 0.717) is 24.0 Å². The Labute approximate surface area is 133 Å². The number of carbonyl (C=O) groups is 1. The average molecular weight is 313 g/mol. The maximum Gasteiger partial charge on any atom is 0.264 e. The van der Waals surface area contributed by atoms with E-state index in [1.54, 1.807) is 24.5 Å². The Morgan fingerprint density at radius 3 is 3.00 bits per heavy atom. The van der Waals surface area contributed by atoms with Crippen molar-refractivity contribution in [3.63, 3.8) is 0 Å². The predicted molar refractivity (Wildman–Crippen MR) is 86.1 cm³/mol. The zero-order chi connectivity index (χ0) is 16.1. The van der Waals surface area contributed by atoms with Crippen molar-refractivity contribution >= 4 is 5.91 Å². The Hall–Kier alpha value is -2.54. The summed E-state index contributed by atoms with van der Waals surface area (Å²) in [6.07, 6.45) is 7.74. The Balaban J connectivity index is 1.63. The summed E-state index contributed by atoms with van der Waals surface area (Å²) in [5.74, 6) is 0.00397. The van der Waals surface area contributed by atoms with Crippen LogP contribution in [0.2, 0.25) is 0 Å². The van der Waals surface area contributed by atoms with Crippen molar-refractivity contribution in [2.24, 2.45) is 0 Å². The van der Waals surface area contributed by atoms with Gasteiger partial charge < -0.3 is 15.6 Å². The molecule has 2 aromatic heterocycles. The SMILES string of the molecule is O=C(NCC[C@@H]1CCCN1)c1cnc(-c2cccnc2)[nH]c1=O. The molecule has 1 amide bonds. The standard InChI is InChI=1S/C16H19N5O2/c22-15(19-8-5-12-4-2-7-18-12)13-10-20-14(21-16(13)23)11-3-1-6-17-9-11/h1,3,6,9-10,12,18H,2,4-5,7-8H2,(H,19,22)(H,20,21,23)/t12-/m0/s1. The van der Waals surface area contributed by atoms with Crippen LogP contribution in [-0.4, -0.2) is 40.0 Å². The van der Waals surface area contributed by atoms with E-state index in [-0.39, 0.29) is 5.56 Å². The molecule has 0 aliphatic carbocycles. The topological polar surface area (TPSA) is 99.8 Å². The fourth-order valence-electron chi connectivity index (χ4n) is 2.66. The zero-order valence-electron chi connectivity index (χ0n) is 12.7.